The average molecular weight is 541 g/mol. The molecule has 1 aromatic carbocycles. The van der Waals surface area contributed by atoms with Crippen molar-refractivity contribution in [2.24, 2.45) is 5.10 Å². The number of imidazole rings is 2. The van der Waals surface area contributed by atoms with E-state index in [1.54, 1.807) is 31.1 Å². The summed E-state index contributed by atoms with van der Waals surface area (Å²) in [5, 5.41) is 7.55. The summed E-state index contributed by atoms with van der Waals surface area (Å²) in [6.07, 6.45) is 12.7. The molecule has 11 nitrogen and oxygen atoms in total. The summed E-state index contributed by atoms with van der Waals surface area (Å²) in [7, 11) is 0. The molecule has 41 heavy (non-hydrogen) atoms. The van der Waals surface area contributed by atoms with E-state index in [1.165, 1.54) is 0 Å². The molecule has 0 fully saturated rings. The Morgan fingerprint density at radius 1 is 1.02 bits per heavy atom. The lowest BCUT2D eigenvalue weighted by Gasteiger charge is -2.17. The summed E-state index contributed by atoms with van der Waals surface area (Å²) in [5.41, 5.74) is 12.0. The number of hydrogen-bond acceptors (Lipinski definition) is 8. The lowest BCUT2D eigenvalue weighted by Crippen LogP contribution is -2.22. The second kappa shape index (κ2) is 10.1. The molecule has 6 heterocycles. The maximum atomic E-state index is 12.6. The van der Waals surface area contributed by atoms with E-state index in [1.807, 2.05) is 66.3 Å². The van der Waals surface area contributed by atoms with Crippen molar-refractivity contribution in [2.45, 2.75) is 19.9 Å². The normalized spacial score (nSPS) is 12.5. The number of amides is 1. The van der Waals surface area contributed by atoms with Crippen LogP contribution in [0.5, 0.6) is 0 Å². The fourth-order valence-corrected chi connectivity index (χ4v) is 4.86. The third kappa shape index (κ3) is 4.80. The minimum atomic E-state index is -0.112. The maximum Gasteiger partial charge on any atom is 0.228 e. The first-order valence-corrected chi connectivity index (χ1v) is 13.0. The predicted octanol–water partition coefficient (Wildman–Crippen LogP) is 3.95. The van der Waals surface area contributed by atoms with Gasteiger partial charge in [-0.2, -0.15) is 5.10 Å². The number of rotatable bonds is 6. The van der Waals surface area contributed by atoms with Gasteiger partial charge in [0.25, 0.3) is 0 Å². The smallest absolute Gasteiger partial charge is 0.228 e. The van der Waals surface area contributed by atoms with Gasteiger partial charge in [0.1, 0.15) is 11.2 Å². The van der Waals surface area contributed by atoms with Gasteiger partial charge in [-0.25, -0.2) is 9.97 Å². The SMILES string of the molecule is Cc1cn(-c2cncc3[nH]c(C4=NNCc5cnc(-c6cncc(NC(=O)Cc7ccccc7)c6)cc54)nc23)cn1. The quantitative estimate of drug-likeness (QED) is 0.291. The molecule has 0 saturated heterocycles. The molecule has 0 aliphatic carbocycles. The molecule has 3 N–H and O–H groups in total. The molecule has 0 unspecified atom stereocenters. The van der Waals surface area contributed by atoms with Crippen LogP contribution >= 0.6 is 0 Å². The maximum absolute atomic E-state index is 12.6. The number of hydrazone groups is 1. The van der Waals surface area contributed by atoms with Crippen molar-refractivity contribution in [2.75, 3.05) is 5.32 Å². The Balaban J connectivity index is 1.19. The van der Waals surface area contributed by atoms with Crippen molar-refractivity contribution in [1.29, 1.82) is 0 Å². The lowest BCUT2D eigenvalue weighted by atomic mass is 10.0. The van der Waals surface area contributed by atoms with Crippen LogP contribution in [0.1, 0.15) is 28.2 Å². The molecule has 1 amide bonds. The Bertz CT molecular complexity index is 1940. The molecule has 0 saturated carbocycles. The zero-order valence-corrected chi connectivity index (χ0v) is 22.0. The molecule has 0 radical (unpaired) electrons. The van der Waals surface area contributed by atoms with E-state index in [-0.39, 0.29) is 12.3 Å². The zero-order valence-electron chi connectivity index (χ0n) is 22.0. The Morgan fingerprint density at radius 2 is 1.90 bits per heavy atom. The molecule has 5 aromatic heterocycles. The summed E-state index contributed by atoms with van der Waals surface area (Å²) < 4.78 is 1.91. The van der Waals surface area contributed by atoms with Crippen molar-refractivity contribution >= 4 is 28.3 Å². The number of aromatic nitrogens is 7. The summed E-state index contributed by atoms with van der Waals surface area (Å²) in [5.74, 6) is 0.496. The van der Waals surface area contributed by atoms with E-state index in [0.717, 1.165) is 44.7 Å². The summed E-state index contributed by atoms with van der Waals surface area (Å²) in [6, 6.07) is 13.5. The summed E-state index contributed by atoms with van der Waals surface area (Å²) >= 11 is 0. The van der Waals surface area contributed by atoms with Gasteiger partial charge in [-0.05, 0) is 24.6 Å². The van der Waals surface area contributed by atoms with Gasteiger partial charge in [-0.15, -0.1) is 0 Å². The fraction of sp³-hybridized carbons (Fsp3) is 0.100. The van der Waals surface area contributed by atoms with Crippen LogP contribution in [0.25, 0.3) is 28.0 Å². The highest BCUT2D eigenvalue weighted by Crippen LogP contribution is 2.27. The number of aromatic amines is 1. The average Bonchev–Trinajstić information content (AvgIpc) is 3.63. The molecule has 1 aliphatic rings. The first-order chi connectivity index (χ1) is 20.1. The van der Waals surface area contributed by atoms with Crippen LogP contribution in [0, 0.1) is 6.92 Å². The minimum Gasteiger partial charge on any atom is -0.335 e. The number of pyridine rings is 3. The highest BCUT2D eigenvalue weighted by atomic mass is 16.1. The molecule has 0 atom stereocenters. The Hall–Kier alpha value is -5.71. The fourth-order valence-electron chi connectivity index (χ4n) is 4.86. The van der Waals surface area contributed by atoms with E-state index >= 15 is 0 Å². The van der Waals surface area contributed by atoms with Gasteiger partial charge in [0.2, 0.25) is 5.91 Å². The molecule has 200 valence electrons. The van der Waals surface area contributed by atoms with Crippen molar-refractivity contribution < 1.29 is 4.79 Å². The van der Waals surface area contributed by atoms with E-state index < -0.39 is 0 Å². The molecule has 0 bridgehead atoms. The van der Waals surface area contributed by atoms with Crippen LogP contribution < -0.4 is 10.7 Å². The number of aryl methyl sites for hydroxylation is 1. The standard InChI is InChI=1S/C30H24N10O/c1-18-16-40(17-34-18)26-15-32-14-25-29(26)38-30(37-25)28-23-9-24(33-11-21(23)12-35-39-28)20-8-22(13-31-10-20)36-27(41)7-19-5-3-2-4-6-19/h2-6,8-11,13-17,35H,7,12H2,1H3,(H,36,41)(H,37,38). The van der Waals surface area contributed by atoms with Gasteiger partial charge in [0.05, 0.1) is 66.2 Å². The predicted molar refractivity (Wildman–Crippen MR) is 154 cm³/mol. The van der Waals surface area contributed by atoms with Gasteiger partial charge in [-0.3, -0.25) is 19.7 Å². The number of nitrogens with zero attached hydrogens (tertiary/aromatic N) is 7. The number of anilines is 1. The molecular weight excluding hydrogens is 516 g/mol. The van der Waals surface area contributed by atoms with Gasteiger partial charge >= 0.3 is 0 Å². The van der Waals surface area contributed by atoms with Gasteiger partial charge in [0, 0.05) is 35.3 Å². The van der Waals surface area contributed by atoms with Gasteiger partial charge in [-0.1, -0.05) is 30.3 Å². The Kier molecular flexibility index (Phi) is 6.01. The first kappa shape index (κ1) is 24.3. The number of H-pyrrole nitrogens is 1. The highest BCUT2D eigenvalue weighted by Gasteiger charge is 2.22. The van der Waals surface area contributed by atoms with Crippen LogP contribution in [0.4, 0.5) is 5.69 Å². The van der Waals surface area contributed by atoms with Crippen molar-refractivity contribution in [3.8, 4) is 16.9 Å². The number of nitrogens with one attached hydrogen (secondary N) is 3. The van der Waals surface area contributed by atoms with Crippen molar-refractivity contribution in [1.82, 2.24) is 39.9 Å². The second-order valence-corrected chi connectivity index (χ2v) is 9.76. The number of hydrogen-bond donors (Lipinski definition) is 3. The third-order valence-corrected chi connectivity index (χ3v) is 6.82. The van der Waals surface area contributed by atoms with Crippen LogP contribution in [-0.2, 0) is 17.8 Å². The van der Waals surface area contributed by atoms with Gasteiger partial charge < -0.3 is 20.3 Å². The molecular formula is C30H24N10O. The van der Waals surface area contributed by atoms with Crippen molar-refractivity contribution in [3.63, 3.8) is 0 Å². The van der Waals surface area contributed by atoms with E-state index in [4.69, 9.17) is 4.98 Å². The van der Waals surface area contributed by atoms with E-state index in [9.17, 15) is 4.79 Å². The monoisotopic (exact) mass is 540 g/mol. The Labute approximate surface area is 234 Å². The third-order valence-electron chi connectivity index (χ3n) is 6.82. The van der Waals surface area contributed by atoms with E-state index in [0.29, 0.717) is 29.5 Å². The molecule has 7 rings (SSSR count). The number of carbonyl (C=O) groups is 1. The summed E-state index contributed by atoms with van der Waals surface area (Å²) in [6.45, 7) is 2.48. The van der Waals surface area contributed by atoms with Crippen LogP contribution in [0.3, 0.4) is 0 Å². The van der Waals surface area contributed by atoms with Gasteiger partial charge in [0.15, 0.2) is 5.82 Å². The number of carbonyl (C=O) groups excluding carboxylic acids is 1. The van der Waals surface area contributed by atoms with E-state index in [2.05, 4.69) is 40.8 Å². The first-order valence-electron chi connectivity index (χ1n) is 13.0. The second-order valence-electron chi connectivity index (χ2n) is 9.76. The molecule has 11 heteroatoms. The summed E-state index contributed by atoms with van der Waals surface area (Å²) in [4.78, 5) is 38.6. The minimum absolute atomic E-state index is 0.112. The van der Waals surface area contributed by atoms with Crippen LogP contribution in [0.15, 0.2) is 91.1 Å². The highest BCUT2D eigenvalue weighted by molar-refractivity contribution is 6.13. The molecule has 0 spiro atoms. The lowest BCUT2D eigenvalue weighted by molar-refractivity contribution is -0.115. The van der Waals surface area contributed by atoms with Crippen LogP contribution in [0.2, 0.25) is 0 Å². The van der Waals surface area contributed by atoms with Crippen molar-refractivity contribution in [3.05, 3.63) is 114 Å². The van der Waals surface area contributed by atoms with Crippen LogP contribution in [-0.4, -0.2) is 46.1 Å². The number of benzene rings is 1. The topological polar surface area (TPSA) is 139 Å². The number of fused-ring (bicyclic) bond motifs is 2. The molecule has 6 aromatic rings. The largest absolute Gasteiger partial charge is 0.335 e. The zero-order chi connectivity index (χ0) is 27.8. The Morgan fingerprint density at radius 3 is 2.76 bits per heavy atom. The molecule has 1 aliphatic heterocycles.